The molecule has 0 N–H and O–H groups in total. The van der Waals surface area contributed by atoms with Gasteiger partial charge in [-0.2, -0.15) is 0 Å². The summed E-state index contributed by atoms with van der Waals surface area (Å²) in [5.74, 6) is 0.639. The van der Waals surface area contributed by atoms with Crippen LogP contribution in [0.15, 0.2) is 30.8 Å². The van der Waals surface area contributed by atoms with Gasteiger partial charge < -0.3 is 4.74 Å². The van der Waals surface area contributed by atoms with Crippen molar-refractivity contribution in [3.63, 3.8) is 0 Å². The third-order valence-corrected chi connectivity index (χ3v) is 3.25. The maximum Gasteiger partial charge on any atom is 0.314 e. The summed E-state index contributed by atoms with van der Waals surface area (Å²) in [7, 11) is 0. The van der Waals surface area contributed by atoms with Gasteiger partial charge in [0.2, 0.25) is 0 Å². The Labute approximate surface area is 102 Å². The molecule has 1 aliphatic rings. The number of carbonyl (C=O) groups excluding carboxylic acids is 1. The van der Waals surface area contributed by atoms with Crippen molar-refractivity contribution in [3.8, 4) is 5.75 Å². The van der Waals surface area contributed by atoms with Crippen LogP contribution in [-0.4, -0.2) is 5.97 Å². The first-order valence-corrected chi connectivity index (χ1v) is 6.24. The Morgan fingerprint density at radius 1 is 1.29 bits per heavy atom. The van der Waals surface area contributed by atoms with Gasteiger partial charge in [0.1, 0.15) is 5.75 Å². The Morgan fingerprint density at radius 3 is 2.76 bits per heavy atom. The normalized spacial score (nSPS) is 16.5. The van der Waals surface area contributed by atoms with Crippen molar-refractivity contribution >= 4 is 12.0 Å². The number of carbonyl (C=O) groups is 1. The first kappa shape index (κ1) is 11.9. The molecule has 90 valence electrons. The maximum absolute atomic E-state index is 11.9. The van der Waals surface area contributed by atoms with Crippen LogP contribution < -0.4 is 4.74 Å². The molecule has 0 radical (unpaired) electrons. The van der Waals surface area contributed by atoms with Crippen LogP contribution in [0, 0.1) is 5.92 Å². The molecule has 0 heterocycles. The van der Waals surface area contributed by atoms with E-state index in [1.165, 1.54) is 6.42 Å². The molecule has 0 bridgehead atoms. The zero-order chi connectivity index (χ0) is 12.1. The van der Waals surface area contributed by atoms with Crippen LogP contribution in [0.4, 0.5) is 0 Å². The van der Waals surface area contributed by atoms with Crippen LogP contribution in [0.1, 0.15) is 37.7 Å². The predicted molar refractivity (Wildman–Crippen MR) is 68.7 cm³/mol. The third-order valence-electron chi connectivity index (χ3n) is 3.25. The molecule has 1 aliphatic carbocycles. The summed E-state index contributed by atoms with van der Waals surface area (Å²) in [5.41, 5.74) is 0.971. The van der Waals surface area contributed by atoms with Crippen LogP contribution in [0.3, 0.4) is 0 Å². The lowest BCUT2D eigenvalue weighted by atomic mass is 9.89. The third kappa shape index (κ3) is 3.19. The second-order valence-electron chi connectivity index (χ2n) is 4.53. The Balaban J connectivity index is 1.99. The summed E-state index contributed by atoms with van der Waals surface area (Å²) in [6.45, 7) is 3.70. The minimum Gasteiger partial charge on any atom is -0.426 e. The van der Waals surface area contributed by atoms with E-state index in [4.69, 9.17) is 4.74 Å². The quantitative estimate of drug-likeness (QED) is 0.583. The van der Waals surface area contributed by atoms with E-state index in [0.29, 0.717) is 5.75 Å². The number of rotatable bonds is 3. The molecule has 0 saturated heterocycles. The van der Waals surface area contributed by atoms with Gasteiger partial charge in [-0.1, -0.05) is 44.1 Å². The zero-order valence-electron chi connectivity index (χ0n) is 10.0. The largest absolute Gasteiger partial charge is 0.426 e. The highest BCUT2D eigenvalue weighted by Crippen LogP contribution is 2.25. The van der Waals surface area contributed by atoms with Crippen molar-refractivity contribution in [2.24, 2.45) is 5.92 Å². The molecule has 0 atom stereocenters. The van der Waals surface area contributed by atoms with E-state index in [1.807, 2.05) is 24.3 Å². The molecule has 0 unspecified atom stereocenters. The predicted octanol–water partition coefficient (Wildman–Crippen LogP) is 3.82. The molecule has 1 aromatic carbocycles. The molecule has 0 spiro atoms. The fourth-order valence-corrected chi connectivity index (χ4v) is 2.24. The van der Waals surface area contributed by atoms with Gasteiger partial charge >= 0.3 is 5.97 Å². The number of hydrogen-bond donors (Lipinski definition) is 0. The van der Waals surface area contributed by atoms with Crippen molar-refractivity contribution in [3.05, 3.63) is 36.4 Å². The standard InChI is InChI=1S/C15H18O2/c1-2-12-7-6-10-14(11-12)17-15(16)13-8-4-3-5-9-13/h2,6-7,10-11,13H,1,3-5,8-9H2. The van der Waals surface area contributed by atoms with Crippen LogP contribution in [-0.2, 0) is 4.79 Å². The fraction of sp³-hybridized carbons (Fsp3) is 0.400. The summed E-state index contributed by atoms with van der Waals surface area (Å²) >= 11 is 0. The van der Waals surface area contributed by atoms with Crippen molar-refractivity contribution in [2.45, 2.75) is 32.1 Å². The van der Waals surface area contributed by atoms with Gasteiger partial charge in [-0.25, -0.2) is 0 Å². The van der Waals surface area contributed by atoms with Crippen molar-refractivity contribution in [1.82, 2.24) is 0 Å². The maximum atomic E-state index is 11.9. The van der Waals surface area contributed by atoms with Gasteiger partial charge in [0.15, 0.2) is 0 Å². The Morgan fingerprint density at radius 2 is 2.06 bits per heavy atom. The highest BCUT2D eigenvalue weighted by atomic mass is 16.5. The lowest BCUT2D eigenvalue weighted by Crippen LogP contribution is -2.22. The van der Waals surface area contributed by atoms with Gasteiger partial charge in [0.05, 0.1) is 5.92 Å². The SMILES string of the molecule is C=Cc1cccc(OC(=O)C2CCCCC2)c1. The highest BCUT2D eigenvalue weighted by molar-refractivity contribution is 5.75. The molecule has 2 nitrogen and oxygen atoms in total. The second-order valence-corrected chi connectivity index (χ2v) is 4.53. The van der Waals surface area contributed by atoms with E-state index in [2.05, 4.69) is 6.58 Å². The summed E-state index contributed by atoms with van der Waals surface area (Å²) in [6, 6.07) is 7.47. The zero-order valence-corrected chi connectivity index (χ0v) is 10.0. The minimum atomic E-state index is -0.0779. The molecule has 0 aliphatic heterocycles. The molecular weight excluding hydrogens is 212 g/mol. The Hall–Kier alpha value is -1.57. The second kappa shape index (κ2) is 5.67. The van der Waals surface area contributed by atoms with Crippen LogP contribution >= 0.6 is 0 Å². The Bertz CT molecular complexity index is 403. The van der Waals surface area contributed by atoms with Crippen LogP contribution in [0.2, 0.25) is 0 Å². The summed E-state index contributed by atoms with van der Waals surface area (Å²) in [6.07, 6.45) is 7.23. The molecule has 0 aromatic heterocycles. The average Bonchev–Trinajstić information content (AvgIpc) is 2.40. The van der Waals surface area contributed by atoms with Gasteiger partial charge in [-0.3, -0.25) is 4.79 Å². The van der Waals surface area contributed by atoms with E-state index >= 15 is 0 Å². The molecule has 17 heavy (non-hydrogen) atoms. The summed E-state index contributed by atoms with van der Waals surface area (Å²) in [4.78, 5) is 11.9. The Kier molecular flexibility index (Phi) is 3.97. The topological polar surface area (TPSA) is 26.3 Å². The van der Waals surface area contributed by atoms with Crippen molar-refractivity contribution in [2.75, 3.05) is 0 Å². The molecule has 1 aromatic rings. The van der Waals surface area contributed by atoms with Gasteiger partial charge in [-0.15, -0.1) is 0 Å². The first-order valence-electron chi connectivity index (χ1n) is 6.24. The number of ether oxygens (including phenoxy) is 1. The minimum absolute atomic E-state index is 0.0779. The number of hydrogen-bond acceptors (Lipinski definition) is 2. The van der Waals surface area contributed by atoms with Crippen LogP contribution in [0.5, 0.6) is 5.75 Å². The van der Waals surface area contributed by atoms with Crippen molar-refractivity contribution in [1.29, 1.82) is 0 Å². The summed E-state index contributed by atoms with van der Waals surface area (Å²) in [5, 5.41) is 0. The van der Waals surface area contributed by atoms with Gasteiger partial charge in [-0.05, 0) is 30.5 Å². The molecule has 1 saturated carbocycles. The molecule has 0 amide bonds. The van der Waals surface area contributed by atoms with E-state index in [9.17, 15) is 4.79 Å². The van der Waals surface area contributed by atoms with E-state index in [1.54, 1.807) is 6.08 Å². The van der Waals surface area contributed by atoms with Gasteiger partial charge in [0.25, 0.3) is 0 Å². The number of benzene rings is 1. The molecular formula is C15H18O2. The molecule has 2 rings (SSSR count). The van der Waals surface area contributed by atoms with Crippen LogP contribution in [0.25, 0.3) is 6.08 Å². The lowest BCUT2D eigenvalue weighted by Gasteiger charge is -2.19. The smallest absolute Gasteiger partial charge is 0.314 e. The fourth-order valence-electron chi connectivity index (χ4n) is 2.24. The first-order chi connectivity index (χ1) is 8.29. The average molecular weight is 230 g/mol. The monoisotopic (exact) mass is 230 g/mol. The highest BCUT2D eigenvalue weighted by Gasteiger charge is 2.22. The molecule has 1 fully saturated rings. The lowest BCUT2D eigenvalue weighted by molar-refractivity contribution is -0.139. The summed E-state index contributed by atoms with van der Waals surface area (Å²) < 4.78 is 5.41. The van der Waals surface area contributed by atoms with Gasteiger partial charge in [0, 0.05) is 0 Å². The van der Waals surface area contributed by atoms with E-state index < -0.39 is 0 Å². The molecule has 2 heteroatoms. The van der Waals surface area contributed by atoms with E-state index in [-0.39, 0.29) is 11.9 Å². The van der Waals surface area contributed by atoms with E-state index in [0.717, 1.165) is 31.2 Å². The number of esters is 1. The van der Waals surface area contributed by atoms with Crippen molar-refractivity contribution < 1.29 is 9.53 Å².